The van der Waals surface area contributed by atoms with Gasteiger partial charge in [0.05, 0.1) is 35.7 Å². The lowest BCUT2D eigenvalue weighted by Crippen LogP contribution is -2.23. The lowest BCUT2D eigenvalue weighted by molar-refractivity contribution is 0.789. The number of aromatic nitrogens is 4. The lowest BCUT2D eigenvalue weighted by atomic mass is 10.1. The van der Waals surface area contributed by atoms with Crippen molar-refractivity contribution in [3.63, 3.8) is 0 Å². The summed E-state index contributed by atoms with van der Waals surface area (Å²) in [5.41, 5.74) is 3.11. The molecule has 4 aromatic rings. The van der Waals surface area contributed by atoms with Crippen LogP contribution in [0.3, 0.4) is 0 Å². The molecule has 3 aromatic heterocycles. The molecule has 3 heterocycles. The van der Waals surface area contributed by atoms with E-state index < -0.39 is 0 Å². The number of fused-ring (bicyclic) bond motifs is 3. The van der Waals surface area contributed by atoms with E-state index in [1.807, 2.05) is 18.2 Å². The Balaban J connectivity index is 2.12. The molecule has 0 bridgehead atoms. The monoisotopic (exact) mass is 301 g/mol. The third kappa shape index (κ3) is 1.99. The number of nitriles is 1. The van der Waals surface area contributed by atoms with Gasteiger partial charge >= 0.3 is 0 Å². The molecule has 0 spiro atoms. The first kappa shape index (κ1) is 13.2. The highest BCUT2D eigenvalue weighted by molar-refractivity contribution is 5.84. The van der Waals surface area contributed by atoms with Crippen molar-refractivity contribution >= 4 is 16.6 Å². The maximum atomic E-state index is 12.8. The number of hydrogen-bond acceptors (Lipinski definition) is 4. The van der Waals surface area contributed by atoms with E-state index in [0.717, 1.165) is 5.56 Å². The molecule has 0 atom stereocenters. The first-order valence-electron chi connectivity index (χ1n) is 7.06. The molecule has 0 aliphatic rings. The molecule has 23 heavy (non-hydrogen) atoms. The van der Waals surface area contributed by atoms with Crippen LogP contribution < -0.4 is 5.56 Å². The van der Waals surface area contributed by atoms with Crippen LogP contribution in [0, 0.1) is 11.3 Å². The lowest BCUT2D eigenvalue weighted by Gasteiger charge is -2.13. The van der Waals surface area contributed by atoms with Gasteiger partial charge in [-0.3, -0.25) is 14.2 Å². The molecule has 0 N–H and O–H groups in total. The third-order valence-corrected chi connectivity index (χ3v) is 3.83. The van der Waals surface area contributed by atoms with Crippen LogP contribution >= 0.6 is 0 Å². The van der Waals surface area contributed by atoms with Crippen molar-refractivity contribution < 1.29 is 0 Å². The van der Waals surface area contributed by atoms with Crippen LogP contribution in [-0.2, 0) is 6.54 Å². The van der Waals surface area contributed by atoms with E-state index in [4.69, 9.17) is 0 Å². The summed E-state index contributed by atoms with van der Waals surface area (Å²) >= 11 is 0. The van der Waals surface area contributed by atoms with Crippen molar-refractivity contribution in [1.82, 2.24) is 18.9 Å². The minimum Gasteiger partial charge on any atom is -0.300 e. The van der Waals surface area contributed by atoms with Crippen LogP contribution in [0.25, 0.3) is 16.6 Å². The summed E-state index contributed by atoms with van der Waals surface area (Å²) in [6.45, 7) is 0.389. The number of para-hydroxylation sites is 1. The number of imidazole rings is 1. The van der Waals surface area contributed by atoms with Crippen molar-refractivity contribution in [3.05, 3.63) is 76.7 Å². The van der Waals surface area contributed by atoms with Gasteiger partial charge < -0.3 is 4.57 Å². The molecule has 0 saturated carbocycles. The standard InChI is InChI=1S/C17H11N5O/c18-7-13-4-1-5-14-16(13)22-11-20-9-15(22)17(23)21(14)10-12-3-2-6-19-8-12/h1-6,8-9,11H,10H2. The first-order valence-corrected chi connectivity index (χ1v) is 7.06. The van der Waals surface area contributed by atoms with E-state index in [-0.39, 0.29) is 5.56 Å². The van der Waals surface area contributed by atoms with Gasteiger partial charge in [-0.2, -0.15) is 5.26 Å². The molecule has 0 aliphatic carbocycles. The van der Waals surface area contributed by atoms with E-state index in [2.05, 4.69) is 16.0 Å². The molecule has 0 aliphatic heterocycles. The summed E-state index contributed by atoms with van der Waals surface area (Å²) < 4.78 is 3.33. The van der Waals surface area contributed by atoms with E-state index in [9.17, 15) is 10.1 Å². The Bertz CT molecular complexity index is 1120. The van der Waals surface area contributed by atoms with Gasteiger partial charge in [0.15, 0.2) is 0 Å². The Labute approximate surface area is 130 Å². The van der Waals surface area contributed by atoms with Crippen molar-refractivity contribution in [1.29, 1.82) is 5.26 Å². The highest BCUT2D eigenvalue weighted by Crippen LogP contribution is 2.19. The topological polar surface area (TPSA) is 76.0 Å². The minimum absolute atomic E-state index is 0.144. The second-order valence-corrected chi connectivity index (χ2v) is 5.19. The third-order valence-electron chi connectivity index (χ3n) is 3.83. The van der Waals surface area contributed by atoms with Crippen LogP contribution in [0.2, 0.25) is 0 Å². The molecular weight excluding hydrogens is 290 g/mol. The second kappa shape index (κ2) is 5.07. The highest BCUT2D eigenvalue weighted by Gasteiger charge is 2.14. The van der Waals surface area contributed by atoms with Crippen molar-refractivity contribution in [2.45, 2.75) is 6.54 Å². The Morgan fingerprint density at radius 1 is 1.09 bits per heavy atom. The molecule has 1 aromatic carbocycles. The van der Waals surface area contributed by atoms with Crippen LogP contribution in [0.15, 0.2) is 60.0 Å². The highest BCUT2D eigenvalue weighted by atomic mass is 16.1. The Kier molecular flexibility index (Phi) is 2.91. The van der Waals surface area contributed by atoms with Crippen molar-refractivity contribution in [2.24, 2.45) is 0 Å². The average Bonchev–Trinajstić information content (AvgIpc) is 3.08. The molecule has 0 unspecified atom stereocenters. The smallest absolute Gasteiger partial charge is 0.277 e. The van der Waals surface area contributed by atoms with Crippen LogP contribution in [-0.4, -0.2) is 18.9 Å². The summed E-state index contributed by atoms with van der Waals surface area (Å²) in [5, 5.41) is 9.40. The van der Waals surface area contributed by atoms with Crippen molar-refractivity contribution in [2.75, 3.05) is 0 Å². The minimum atomic E-state index is -0.144. The predicted molar refractivity (Wildman–Crippen MR) is 85.0 cm³/mol. The van der Waals surface area contributed by atoms with E-state index in [1.165, 1.54) is 6.20 Å². The van der Waals surface area contributed by atoms with Gasteiger partial charge in [0.1, 0.15) is 11.6 Å². The summed E-state index contributed by atoms with van der Waals surface area (Å²) in [7, 11) is 0. The summed E-state index contributed by atoms with van der Waals surface area (Å²) in [6.07, 6.45) is 6.51. The Hall–Kier alpha value is -3.46. The number of benzene rings is 1. The van der Waals surface area contributed by atoms with E-state index >= 15 is 0 Å². The van der Waals surface area contributed by atoms with Gasteiger partial charge in [-0.1, -0.05) is 12.1 Å². The number of nitrogens with zero attached hydrogens (tertiary/aromatic N) is 5. The van der Waals surface area contributed by atoms with Gasteiger partial charge in [-0.15, -0.1) is 0 Å². The largest absolute Gasteiger partial charge is 0.300 e. The second-order valence-electron chi connectivity index (χ2n) is 5.19. The van der Waals surface area contributed by atoms with Gasteiger partial charge in [0.2, 0.25) is 0 Å². The molecule has 0 radical (unpaired) electrons. The summed E-state index contributed by atoms with van der Waals surface area (Å²) in [4.78, 5) is 21.0. The van der Waals surface area contributed by atoms with Gasteiger partial charge in [0, 0.05) is 12.4 Å². The molecule has 4 rings (SSSR count). The fourth-order valence-corrected chi connectivity index (χ4v) is 2.80. The van der Waals surface area contributed by atoms with E-state index in [0.29, 0.717) is 28.7 Å². The molecule has 0 amide bonds. The van der Waals surface area contributed by atoms with Gasteiger partial charge in [-0.05, 0) is 23.8 Å². The SMILES string of the molecule is N#Cc1cccc2c1n1cncc1c(=O)n2Cc1cccnc1. The van der Waals surface area contributed by atoms with Crippen LogP contribution in [0.4, 0.5) is 0 Å². The fraction of sp³-hybridized carbons (Fsp3) is 0.0588. The van der Waals surface area contributed by atoms with Crippen LogP contribution in [0.5, 0.6) is 0 Å². The molecule has 110 valence electrons. The maximum Gasteiger partial charge on any atom is 0.277 e. The van der Waals surface area contributed by atoms with Crippen molar-refractivity contribution in [3.8, 4) is 6.07 Å². The quantitative estimate of drug-likeness (QED) is 0.567. The number of pyridine rings is 1. The molecule has 6 nitrogen and oxygen atoms in total. The van der Waals surface area contributed by atoms with Crippen LogP contribution in [0.1, 0.15) is 11.1 Å². The fourth-order valence-electron chi connectivity index (χ4n) is 2.80. The zero-order chi connectivity index (χ0) is 15.8. The van der Waals surface area contributed by atoms with E-state index in [1.54, 1.807) is 39.8 Å². The van der Waals surface area contributed by atoms with Gasteiger partial charge in [-0.25, -0.2) is 4.98 Å². The number of hydrogen-bond donors (Lipinski definition) is 0. The first-order chi connectivity index (χ1) is 11.3. The molecule has 6 heteroatoms. The number of rotatable bonds is 2. The zero-order valence-electron chi connectivity index (χ0n) is 12.0. The maximum absolute atomic E-state index is 12.8. The van der Waals surface area contributed by atoms with Gasteiger partial charge in [0.25, 0.3) is 5.56 Å². The molecule has 0 saturated heterocycles. The predicted octanol–water partition coefficient (Wildman–Crippen LogP) is 1.96. The molecule has 0 fully saturated rings. The Morgan fingerprint density at radius 2 is 2.00 bits per heavy atom. The normalized spacial score (nSPS) is 10.9. The zero-order valence-corrected chi connectivity index (χ0v) is 12.0. The molecular formula is C17H11N5O. The Morgan fingerprint density at radius 3 is 2.78 bits per heavy atom. The summed E-state index contributed by atoms with van der Waals surface area (Å²) in [5.74, 6) is 0. The average molecular weight is 301 g/mol. The summed E-state index contributed by atoms with van der Waals surface area (Å²) in [6, 6.07) is 11.3.